The third kappa shape index (κ3) is 6.75. The number of ether oxygens (including phenoxy) is 2. The minimum Gasteiger partial charge on any atom is -0.482 e. The molecule has 1 N–H and O–H groups in total. The number of carbonyl (C=O) groups is 3. The molecule has 29 heavy (non-hydrogen) atoms. The van der Waals surface area contributed by atoms with E-state index in [1.165, 1.54) is 13.8 Å². The summed E-state index contributed by atoms with van der Waals surface area (Å²) >= 11 is 0. The highest BCUT2D eigenvalue weighted by Crippen LogP contribution is 2.24. The van der Waals surface area contributed by atoms with Crippen molar-refractivity contribution in [1.82, 2.24) is 0 Å². The van der Waals surface area contributed by atoms with Crippen molar-refractivity contribution in [2.45, 2.75) is 46.1 Å². The third-order valence-corrected chi connectivity index (χ3v) is 4.29. The van der Waals surface area contributed by atoms with Crippen molar-refractivity contribution in [1.29, 1.82) is 0 Å². The van der Waals surface area contributed by atoms with Gasteiger partial charge in [-0.25, -0.2) is 4.79 Å². The molecule has 0 fully saturated rings. The number of hydrogen-bond donors (Lipinski definition) is 1. The normalized spacial score (nSPS) is 12.0. The number of hydrogen-bond acceptors (Lipinski definition) is 5. The molecular weight excluding hydrogens is 370 g/mol. The summed E-state index contributed by atoms with van der Waals surface area (Å²) in [6, 6.07) is 14.0. The lowest BCUT2D eigenvalue weighted by atomic mass is 9.87. The topological polar surface area (TPSA) is 81.7 Å². The van der Waals surface area contributed by atoms with Crippen molar-refractivity contribution in [2.75, 3.05) is 11.9 Å². The van der Waals surface area contributed by atoms with Gasteiger partial charge in [0.05, 0.1) is 0 Å². The Labute approximate surface area is 171 Å². The lowest BCUT2D eigenvalue weighted by Crippen LogP contribution is -2.31. The Kier molecular flexibility index (Phi) is 7.15. The summed E-state index contributed by atoms with van der Waals surface area (Å²) in [7, 11) is 0. The Hall–Kier alpha value is -3.15. The molecule has 0 heterocycles. The standard InChI is InChI=1S/C23H27NO5/c1-15(25)17-7-6-8-19(13-17)24-22(27)16(2)29-21(26)14-28-20-11-9-18(10-12-20)23(3,4)5/h6-13,16H,14H2,1-5H3,(H,24,27)/t16-/m0/s1. The second-order valence-electron chi connectivity index (χ2n) is 7.82. The van der Waals surface area contributed by atoms with Crippen molar-refractivity contribution in [3.63, 3.8) is 0 Å². The fourth-order valence-corrected chi connectivity index (χ4v) is 2.54. The average Bonchev–Trinajstić information content (AvgIpc) is 2.66. The van der Waals surface area contributed by atoms with E-state index < -0.39 is 18.0 Å². The first-order chi connectivity index (χ1) is 13.6. The first-order valence-electron chi connectivity index (χ1n) is 9.41. The van der Waals surface area contributed by atoms with E-state index in [2.05, 4.69) is 26.1 Å². The van der Waals surface area contributed by atoms with Crippen LogP contribution in [0.15, 0.2) is 48.5 Å². The van der Waals surface area contributed by atoms with Crippen LogP contribution in [-0.4, -0.2) is 30.4 Å². The van der Waals surface area contributed by atoms with E-state index in [0.717, 1.165) is 5.56 Å². The minimum absolute atomic E-state index is 0.0319. The van der Waals surface area contributed by atoms with Gasteiger partial charge in [-0.1, -0.05) is 45.0 Å². The third-order valence-electron chi connectivity index (χ3n) is 4.29. The largest absolute Gasteiger partial charge is 0.482 e. The van der Waals surface area contributed by atoms with Crippen LogP contribution in [0.5, 0.6) is 5.75 Å². The highest BCUT2D eigenvalue weighted by molar-refractivity contribution is 5.98. The molecule has 6 nitrogen and oxygen atoms in total. The van der Waals surface area contributed by atoms with Gasteiger partial charge in [-0.15, -0.1) is 0 Å². The molecule has 2 rings (SSSR count). The predicted octanol–water partition coefficient (Wildman–Crippen LogP) is 4.14. The van der Waals surface area contributed by atoms with Gasteiger partial charge in [0, 0.05) is 11.3 Å². The van der Waals surface area contributed by atoms with Crippen molar-refractivity contribution in [3.8, 4) is 5.75 Å². The van der Waals surface area contributed by atoms with Crippen LogP contribution in [-0.2, 0) is 19.7 Å². The van der Waals surface area contributed by atoms with Gasteiger partial charge in [-0.2, -0.15) is 0 Å². The van der Waals surface area contributed by atoms with Crippen LogP contribution in [0.1, 0.15) is 50.5 Å². The van der Waals surface area contributed by atoms with Gasteiger partial charge in [0.15, 0.2) is 18.5 Å². The molecule has 0 radical (unpaired) electrons. The molecule has 2 aromatic rings. The van der Waals surface area contributed by atoms with E-state index in [4.69, 9.17) is 9.47 Å². The maximum Gasteiger partial charge on any atom is 0.344 e. The Morgan fingerprint density at radius 2 is 1.69 bits per heavy atom. The fourth-order valence-electron chi connectivity index (χ4n) is 2.54. The van der Waals surface area contributed by atoms with Gasteiger partial charge in [0.1, 0.15) is 5.75 Å². The number of nitrogens with one attached hydrogen (secondary N) is 1. The van der Waals surface area contributed by atoms with Crippen molar-refractivity contribution >= 4 is 23.3 Å². The zero-order chi connectivity index (χ0) is 21.6. The number of anilines is 1. The number of amides is 1. The van der Waals surface area contributed by atoms with Gasteiger partial charge < -0.3 is 14.8 Å². The molecule has 0 saturated carbocycles. The molecule has 0 bridgehead atoms. The van der Waals surface area contributed by atoms with Crippen molar-refractivity contribution < 1.29 is 23.9 Å². The van der Waals surface area contributed by atoms with Crippen LogP contribution in [0.3, 0.4) is 0 Å². The highest BCUT2D eigenvalue weighted by Gasteiger charge is 2.19. The minimum atomic E-state index is -1.00. The van der Waals surface area contributed by atoms with E-state index in [0.29, 0.717) is 17.0 Å². The van der Waals surface area contributed by atoms with E-state index in [1.807, 2.05) is 12.1 Å². The Morgan fingerprint density at radius 3 is 2.28 bits per heavy atom. The van der Waals surface area contributed by atoms with Crippen molar-refractivity contribution in [3.05, 3.63) is 59.7 Å². The SMILES string of the molecule is CC(=O)c1cccc(NC(=O)[C@H](C)OC(=O)COc2ccc(C(C)(C)C)cc2)c1. The maximum atomic E-state index is 12.2. The van der Waals surface area contributed by atoms with Crippen LogP contribution in [0.25, 0.3) is 0 Å². The van der Waals surface area contributed by atoms with Crippen molar-refractivity contribution in [2.24, 2.45) is 0 Å². The monoisotopic (exact) mass is 397 g/mol. The molecule has 154 valence electrons. The summed E-state index contributed by atoms with van der Waals surface area (Å²) in [5.41, 5.74) is 2.13. The molecule has 6 heteroatoms. The lowest BCUT2D eigenvalue weighted by Gasteiger charge is -2.19. The second-order valence-corrected chi connectivity index (χ2v) is 7.82. The summed E-state index contributed by atoms with van der Waals surface area (Å²) in [5.74, 6) is -0.694. The Balaban J connectivity index is 1.84. The first-order valence-corrected chi connectivity index (χ1v) is 9.41. The average molecular weight is 397 g/mol. The number of rotatable bonds is 7. The molecule has 1 amide bonds. The summed E-state index contributed by atoms with van der Waals surface area (Å²) in [6.45, 7) is 8.96. The van der Waals surface area contributed by atoms with Gasteiger partial charge in [0.25, 0.3) is 5.91 Å². The van der Waals surface area contributed by atoms with Gasteiger partial charge in [-0.05, 0) is 49.1 Å². The Morgan fingerprint density at radius 1 is 1.03 bits per heavy atom. The van der Waals surface area contributed by atoms with Crippen LogP contribution in [0.2, 0.25) is 0 Å². The molecule has 0 aliphatic heterocycles. The van der Waals surface area contributed by atoms with Gasteiger partial charge in [-0.3, -0.25) is 9.59 Å². The summed E-state index contributed by atoms with van der Waals surface area (Å²) < 4.78 is 10.6. The van der Waals surface area contributed by atoms with Crippen LogP contribution < -0.4 is 10.1 Å². The van der Waals surface area contributed by atoms with E-state index >= 15 is 0 Å². The number of esters is 1. The smallest absolute Gasteiger partial charge is 0.344 e. The highest BCUT2D eigenvalue weighted by atomic mass is 16.6. The molecule has 0 unspecified atom stereocenters. The van der Waals surface area contributed by atoms with Crippen LogP contribution in [0.4, 0.5) is 5.69 Å². The number of carbonyl (C=O) groups excluding carboxylic acids is 3. The number of ketones is 1. The molecule has 1 atom stereocenters. The summed E-state index contributed by atoms with van der Waals surface area (Å²) in [4.78, 5) is 35.6. The number of Topliss-reactive ketones (excluding diaryl/α,β-unsaturated/α-hetero) is 1. The van der Waals surface area contributed by atoms with Gasteiger partial charge in [0.2, 0.25) is 0 Å². The molecule has 0 aromatic heterocycles. The number of benzene rings is 2. The molecule has 0 aliphatic rings. The van der Waals surface area contributed by atoms with E-state index in [1.54, 1.807) is 36.4 Å². The quantitative estimate of drug-likeness (QED) is 0.561. The Bertz CT molecular complexity index is 881. The molecule has 0 aliphatic carbocycles. The first kappa shape index (κ1) is 22.1. The van der Waals surface area contributed by atoms with Crippen LogP contribution >= 0.6 is 0 Å². The van der Waals surface area contributed by atoms with E-state index in [-0.39, 0.29) is 17.8 Å². The lowest BCUT2D eigenvalue weighted by molar-refractivity contribution is -0.155. The van der Waals surface area contributed by atoms with Crippen LogP contribution in [0, 0.1) is 0 Å². The zero-order valence-corrected chi connectivity index (χ0v) is 17.4. The summed E-state index contributed by atoms with van der Waals surface area (Å²) in [6.07, 6.45) is -1.00. The molecule has 2 aromatic carbocycles. The van der Waals surface area contributed by atoms with E-state index in [9.17, 15) is 14.4 Å². The molecular formula is C23H27NO5. The zero-order valence-electron chi connectivity index (χ0n) is 17.4. The van der Waals surface area contributed by atoms with Gasteiger partial charge >= 0.3 is 5.97 Å². The summed E-state index contributed by atoms with van der Waals surface area (Å²) in [5, 5.41) is 2.63. The second kappa shape index (κ2) is 9.37. The molecule has 0 saturated heterocycles. The molecule has 0 spiro atoms. The maximum absolute atomic E-state index is 12.2. The predicted molar refractivity (Wildman–Crippen MR) is 111 cm³/mol. The fraction of sp³-hybridized carbons (Fsp3) is 0.348.